The topological polar surface area (TPSA) is 53.9 Å². The third-order valence-corrected chi connectivity index (χ3v) is 6.53. The zero-order valence-corrected chi connectivity index (χ0v) is 17.4. The fourth-order valence-corrected chi connectivity index (χ4v) is 4.96. The maximum atomic E-state index is 4.89. The van der Waals surface area contributed by atoms with Crippen LogP contribution in [0.15, 0.2) is 60.7 Å². The van der Waals surface area contributed by atoms with E-state index in [0.29, 0.717) is 5.82 Å². The van der Waals surface area contributed by atoms with Crippen LogP contribution in [0.5, 0.6) is 0 Å². The van der Waals surface area contributed by atoms with E-state index in [0.717, 1.165) is 48.4 Å². The van der Waals surface area contributed by atoms with Gasteiger partial charge in [0.2, 0.25) is 0 Å². The predicted octanol–water partition coefficient (Wildman–Crippen LogP) is 4.27. The van der Waals surface area contributed by atoms with Crippen molar-refractivity contribution < 1.29 is 0 Å². The van der Waals surface area contributed by atoms with E-state index in [4.69, 9.17) is 4.98 Å². The van der Waals surface area contributed by atoms with E-state index in [1.807, 2.05) is 36.4 Å². The van der Waals surface area contributed by atoms with E-state index in [1.54, 1.807) is 0 Å². The fourth-order valence-electron chi connectivity index (χ4n) is 4.96. The van der Waals surface area contributed by atoms with Crippen LogP contribution < -0.4 is 5.32 Å². The highest BCUT2D eigenvalue weighted by molar-refractivity contribution is 5.56. The second-order valence-corrected chi connectivity index (χ2v) is 8.60. The average Bonchev–Trinajstić information content (AvgIpc) is 3.38. The summed E-state index contributed by atoms with van der Waals surface area (Å²) in [7, 11) is 0. The van der Waals surface area contributed by atoms with Crippen LogP contribution in [0.4, 0.5) is 5.82 Å². The molecule has 2 heterocycles. The Kier molecular flexibility index (Phi) is 5.71. The lowest BCUT2D eigenvalue weighted by molar-refractivity contribution is 0.323. The van der Waals surface area contributed by atoms with Crippen LogP contribution >= 0.6 is 0 Å². The summed E-state index contributed by atoms with van der Waals surface area (Å²) in [5, 5.41) is 12.5. The van der Waals surface area contributed by atoms with E-state index in [9.17, 15) is 0 Å². The third kappa shape index (κ3) is 4.36. The molecule has 2 atom stereocenters. The Bertz CT molecular complexity index is 948. The van der Waals surface area contributed by atoms with Crippen molar-refractivity contribution >= 4 is 5.82 Å². The number of hydrogen-bond acceptors (Lipinski definition) is 5. The number of aromatic nitrogens is 3. The number of benzene rings is 2. The molecule has 154 valence electrons. The summed E-state index contributed by atoms with van der Waals surface area (Å²) < 4.78 is 0. The van der Waals surface area contributed by atoms with Crippen molar-refractivity contribution in [2.75, 3.05) is 31.5 Å². The van der Waals surface area contributed by atoms with E-state index in [2.05, 4.69) is 44.7 Å². The van der Waals surface area contributed by atoms with Gasteiger partial charge in [-0.1, -0.05) is 67.1 Å². The largest absolute Gasteiger partial charge is 0.366 e. The van der Waals surface area contributed by atoms with Gasteiger partial charge >= 0.3 is 0 Å². The maximum absolute atomic E-state index is 4.89. The lowest BCUT2D eigenvalue weighted by Gasteiger charge is -2.18. The van der Waals surface area contributed by atoms with Gasteiger partial charge in [0.05, 0.1) is 5.69 Å². The first-order chi connectivity index (χ1) is 14.8. The van der Waals surface area contributed by atoms with Crippen LogP contribution in [0.3, 0.4) is 0 Å². The molecule has 0 bridgehead atoms. The fraction of sp³-hybridized carbons (Fsp3) is 0.400. The standard InChI is InChI=1S/C25H29N5/c1-3-8-19(9-4-1)16-23-25(29-28-24(27-23)20-10-5-2-6-11-20)26-14-15-30-17-21-12-7-13-22(21)18-30/h1-6,8-11,21-22H,7,12-18H2,(H,26,29). The molecule has 1 saturated carbocycles. The number of likely N-dealkylation sites (tertiary alicyclic amines) is 1. The number of hydrogen-bond donors (Lipinski definition) is 1. The summed E-state index contributed by atoms with van der Waals surface area (Å²) in [5.41, 5.74) is 3.18. The molecule has 1 aliphatic heterocycles. The van der Waals surface area contributed by atoms with Gasteiger partial charge in [0.15, 0.2) is 11.6 Å². The smallest absolute Gasteiger partial charge is 0.182 e. The molecule has 30 heavy (non-hydrogen) atoms. The molecular weight excluding hydrogens is 370 g/mol. The third-order valence-electron chi connectivity index (χ3n) is 6.53. The molecule has 3 aromatic rings. The summed E-state index contributed by atoms with van der Waals surface area (Å²) in [4.78, 5) is 7.49. The Balaban J connectivity index is 1.30. The molecule has 2 fully saturated rings. The zero-order valence-electron chi connectivity index (χ0n) is 17.4. The van der Waals surface area contributed by atoms with E-state index >= 15 is 0 Å². The summed E-state index contributed by atoms with van der Waals surface area (Å²) in [6.07, 6.45) is 5.02. The first kappa shape index (κ1) is 19.2. The highest BCUT2D eigenvalue weighted by Gasteiger charge is 2.35. The lowest BCUT2D eigenvalue weighted by Crippen LogP contribution is -2.28. The molecule has 2 unspecified atom stereocenters. The highest BCUT2D eigenvalue weighted by atomic mass is 15.2. The number of nitrogens with zero attached hydrogens (tertiary/aromatic N) is 4. The van der Waals surface area contributed by atoms with Crippen molar-refractivity contribution in [3.63, 3.8) is 0 Å². The van der Waals surface area contributed by atoms with Crippen molar-refractivity contribution in [3.8, 4) is 11.4 Å². The lowest BCUT2D eigenvalue weighted by atomic mass is 10.0. The Morgan fingerprint density at radius 2 is 1.57 bits per heavy atom. The monoisotopic (exact) mass is 399 g/mol. The van der Waals surface area contributed by atoms with Crippen LogP contribution in [0.25, 0.3) is 11.4 Å². The normalized spacial score (nSPS) is 20.9. The summed E-state index contributed by atoms with van der Waals surface area (Å²) >= 11 is 0. The van der Waals surface area contributed by atoms with Gasteiger partial charge in [-0.15, -0.1) is 10.2 Å². The SMILES string of the molecule is c1ccc(Cc2nc(-c3ccccc3)nnc2NCCN2CC3CCCC3C2)cc1. The number of rotatable bonds is 7. The molecule has 1 aromatic heterocycles. The minimum atomic E-state index is 0.680. The minimum absolute atomic E-state index is 0.680. The van der Waals surface area contributed by atoms with Gasteiger partial charge in [-0.3, -0.25) is 0 Å². The van der Waals surface area contributed by atoms with Crippen molar-refractivity contribution in [1.29, 1.82) is 0 Å². The van der Waals surface area contributed by atoms with Gasteiger partial charge in [0.1, 0.15) is 0 Å². The molecular formula is C25H29N5. The second kappa shape index (κ2) is 8.92. The number of nitrogens with one attached hydrogen (secondary N) is 1. The van der Waals surface area contributed by atoms with E-state index in [1.165, 1.54) is 37.9 Å². The molecule has 0 spiro atoms. The van der Waals surface area contributed by atoms with Crippen molar-refractivity contribution in [2.24, 2.45) is 11.8 Å². The van der Waals surface area contributed by atoms with Crippen LogP contribution in [0, 0.1) is 11.8 Å². The van der Waals surface area contributed by atoms with Crippen molar-refractivity contribution in [2.45, 2.75) is 25.7 Å². The molecule has 2 aliphatic rings. The number of fused-ring (bicyclic) bond motifs is 1. The summed E-state index contributed by atoms with van der Waals surface area (Å²) in [5.74, 6) is 3.35. The van der Waals surface area contributed by atoms with Gasteiger partial charge in [-0.05, 0) is 30.2 Å². The van der Waals surface area contributed by atoms with E-state index < -0.39 is 0 Å². The summed E-state index contributed by atoms with van der Waals surface area (Å²) in [6, 6.07) is 20.5. The molecule has 1 N–H and O–H groups in total. The molecule has 2 aromatic carbocycles. The van der Waals surface area contributed by atoms with Crippen LogP contribution in [-0.4, -0.2) is 46.3 Å². The number of anilines is 1. The molecule has 5 nitrogen and oxygen atoms in total. The van der Waals surface area contributed by atoms with Crippen LogP contribution in [-0.2, 0) is 6.42 Å². The second-order valence-electron chi connectivity index (χ2n) is 8.60. The highest BCUT2D eigenvalue weighted by Crippen LogP contribution is 2.37. The van der Waals surface area contributed by atoms with Crippen molar-refractivity contribution in [3.05, 3.63) is 71.9 Å². The van der Waals surface area contributed by atoms with Crippen LogP contribution in [0.2, 0.25) is 0 Å². The Morgan fingerprint density at radius 1 is 0.867 bits per heavy atom. The molecule has 5 rings (SSSR count). The summed E-state index contributed by atoms with van der Waals surface area (Å²) in [6.45, 7) is 4.46. The maximum Gasteiger partial charge on any atom is 0.182 e. The van der Waals surface area contributed by atoms with Gasteiger partial charge in [-0.25, -0.2) is 4.98 Å². The first-order valence-corrected chi connectivity index (χ1v) is 11.1. The Morgan fingerprint density at radius 3 is 2.30 bits per heavy atom. The molecule has 1 aliphatic carbocycles. The molecule has 5 heteroatoms. The molecule has 0 amide bonds. The van der Waals surface area contributed by atoms with Gasteiger partial charge < -0.3 is 10.2 Å². The van der Waals surface area contributed by atoms with Gasteiger partial charge in [-0.2, -0.15) is 0 Å². The average molecular weight is 400 g/mol. The zero-order chi connectivity index (χ0) is 20.2. The Hall–Kier alpha value is -2.79. The first-order valence-electron chi connectivity index (χ1n) is 11.1. The van der Waals surface area contributed by atoms with Crippen LogP contribution in [0.1, 0.15) is 30.5 Å². The van der Waals surface area contributed by atoms with Gasteiger partial charge in [0.25, 0.3) is 0 Å². The van der Waals surface area contributed by atoms with Crippen molar-refractivity contribution in [1.82, 2.24) is 20.1 Å². The Labute approximate surface area is 178 Å². The molecule has 0 radical (unpaired) electrons. The molecule has 1 saturated heterocycles. The predicted molar refractivity (Wildman–Crippen MR) is 120 cm³/mol. The van der Waals surface area contributed by atoms with E-state index in [-0.39, 0.29) is 0 Å². The minimum Gasteiger partial charge on any atom is -0.366 e. The quantitative estimate of drug-likeness (QED) is 0.643. The van der Waals surface area contributed by atoms with Gasteiger partial charge in [0, 0.05) is 38.2 Å².